The van der Waals surface area contributed by atoms with Crippen LogP contribution in [0, 0.1) is 18.2 Å². The molecule has 172 valence electrons. The first-order valence-electron chi connectivity index (χ1n) is 11.3. The van der Waals surface area contributed by atoms with Crippen molar-refractivity contribution < 1.29 is 14.0 Å². The van der Waals surface area contributed by atoms with Gasteiger partial charge in [-0.15, -0.1) is 0 Å². The number of halogens is 1. The van der Waals surface area contributed by atoms with Gasteiger partial charge in [-0.05, 0) is 61.1 Å². The van der Waals surface area contributed by atoms with Crippen LogP contribution in [0.25, 0.3) is 11.1 Å². The molecule has 1 aliphatic heterocycles. The molecule has 0 aliphatic carbocycles. The number of hydrogen-bond donors (Lipinski definition) is 1. The lowest BCUT2D eigenvalue weighted by atomic mass is 9.72. The third-order valence-electron chi connectivity index (χ3n) is 6.74. The first kappa shape index (κ1) is 22.7. The molecule has 2 aromatic carbocycles. The van der Waals surface area contributed by atoms with Crippen molar-refractivity contribution in [1.82, 2.24) is 14.7 Å². The Kier molecular flexibility index (Phi) is 6.58. The molecular formula is C26H29FN4O2. The van der Waals surface area contributed by atoms with Crippen molar-refractivity contribution in [1.29, 1.82) is 0 Å². The molecule has 0 spiro atoms. The average molecular weight is 449 g/mol. The van der Waals surface area contributed by atoms with E-state index in [1.165, 1.54) is 12.1 Å². The summed E-state index contributed by atoms with van der Waals surface area (Å²) in [5.74, 6) is -0.594. The lowest BCUT2D eigenvalue weighted by Crippen LogP contribution is -2.50. The molecule has 1 fully saturated rings. The molecule has 2 N–H and O–H groups in total. The fourth-order valence-electron chi connectivity index (χ4n) is 4.66. The van der Waals surface area contributed by atoms with Crippen molar-refractivity contribution in [2.45, 2.75) is 39.2 Å². The molecule has 1 aliphatic rings. The van der Waals surface area contributed by atoms with E-state index < -0.39 is 5.41 Å². The third kappa shape index (κ3) is 4.97. The van der Waals surface area contributed by atoms with Crippen molar-refractivity contribution in [2.75, 3.05) is 13.1 Å². The van der Waals surface area contributed by atoms with Crippen LogP contribution in [-0.2, 0) is 22.6 Å². The molecule has 2 amide bonds. The number of benzene rings is 2. The summed E-state index contributed by atoms with van der Waals surface area (Å²) in [4.78, 5) is 27.2. The summed E-state index contributed by atoms with van der Waals surface area (Å²) in [6, 6.07) is 16.1. The van der Waals surface area contributed by atoms with E-state index in [9.17, 15) is 14.0 Å². The minimum Gasteiger partial charge on any atom is -0.369 e. The van der Waals surface area contributed by atoms with E-state index in [1.807, 2.05) is 52.9 Å². The second kappa shape index (κ2) is 9.57. The van der Waals surface area contributed by atoms with Gasteiger partial charge >= 0.3 is 0 Å². The monoisotopic (exact) mass is 448 g/mol. The van der Waals surface area contributed by atoms with Crippen LogP contribution in [0.5, 0.6) is 0 Å². The van der Waals surface area contributed by atoms with Crippen molar-refractivity contribution in [3.63, 3.8) is 0 Å². The van der Waals surface area contributed by atoms with Crippen LogP contribution in [0.2, 0.25) is 0 Å². The Bertz CT molecular complexity index is 1150. The second-order valence-electron chi connectivity index (χ2n) is 8.82. The summed E-state index contributed by atoms with van der Waals surface area (Å²) < 4.78 is 15.6. The molecule has 3 aromatic rings. The molecule has 1 saturated heterocycles. The van der Waals surface area contributed by atoms with Crippen LogP contribution >= 0.6 is 0 Å². The summed E-state index contributed by atoms with van der Waals surface area (Å²) >= 11 is 0. The Hall–Kier alpha value is -3.48. The highest BCUT2D eigenvalue weighted by atomic mass is 19.1. The number of rotatable bonds is 7. The van der Waals surface area contributed by atoms with E-state index in [1.54, 1.807) is 12.3 Å². The number of carbonyl (C=O) groups excluding carboxylic acids is 2. The molecule has 4 rings (SSSR count). The smallest absolute Gasteiger partial charge is 0.224 e. The predicted octanol–water partition coefficient (Wildman–Crippen LogP) is 3.72. The number of nitrogens with zero attached hydrogens (tertiary/aromatic N) is 3. The van der Waals surface area contributed by atoms with Crippen LogP contribution in [0.1, 0.15) is 30.5 Å². The Balaban J connectivity index is 1.46. The summed E-state index contributed by atoms with van der Waals surface area (Å²) in [6.45, 7) is 3.47. The van der Waals surface area contributed by atoms with Gasteiger partial charge < -0.3 is 10.6 Å². The van der Waals surface area contributed by atoms with Gasteiger partial charge in [0.15, 0.2) is 0 Å². The molecule has 7 heteroatoms. The van der Waals surface area contributed by atoms with Crippen LogP contribution in [-0.4, -0.2) is 39.6 Å². The highest BCUT2D eigenvalue weighted by Crippen LogP contribution is 2.38. The normalized spacial score (nSPS) is 15.4. The lowest BCUT2D eigenvalue weighted by Gasteiger charge is -2.40. The number of piperidine rings is 1. The quantitative estimate of drug-likeness (QED) is 0.598. The van der Waals surface area contributed by atoms with Crippen LogP contribution in [0.4, 0.5) is 4.39 Å². The maximum absolute atomic E-state index is 13.8. The SMILES string of the molecule is Cc1ccnn1CCC(=O)N1CCC(Cc2ccccc2-c2cccc(F)c2)(C(N)=O)CC1. The molecule has 1 aromatic heterocycles. The number of likely N-dealkylation sites (tertiary alicyclic amines) is 1. The number of nitrogens with two attached hydrogens (primary N) is 1. The van der Waals surface area contributed by atoms with Gasteiger partial charge in [0.1, 0.15) is 5.82 Å². The number of amides is 2. The summed E-state index contributed by atoms with van der Waals surface area (Å²) in [6.07, 6.45) is 3.57. The van der Waals surface area contributed by atoms with Crippen LogP contribution in [0.15, 0.2) is 60.8 Å². The Morgan fingerprint density at radius 1 is 1.09 bits per heavy atom. The summed E-state index contributed by atoms with van der Waals surface area (Å²) in [7, 11) is 0. The van der Waals surface area contributed by atoms with Gasteiger partial charge in [-0.2, -0.15) is 5.10 Å². The first-order valence-corrected chi connectivity index (χ1v) is 11.3. The van der Waals surface area contributed by atoms with Gasteiger partial charge in [-0.3, -0.25) is 14.3 Å². The predicted molar refractivity (Wildman–Crippen MR) is 125 cm³/mol. The van der Waals surface area contributed by atoms with Gasteiger partial charge in [-0.1, -0.05) is 36.4 Å². The number of carbonyl (C=O) groups is 2. The van der Waals surface area contributed by atoms with E-state index in [0.717, 1.165) is 22.4 Å². The topological polar surface area (TPSA) is 81.2 Å². The molecule has 0 radical (unpaired) electrons. The summed E-state index contributed by atoms with van der Waals surface area (Å²) in [5.41, 5.74) is 8.81. The van der Waals surface area contributed by atoms with Gasteiger partial charge in [-0.25, -0.2) is 4.39 Å². The minimum atomic E-state index is -0.737. The molecule has 6 nitrogen and oxygen atoms in total. The maximum Gasteiger partial charge on any atom is 0.224 e. The van der Waals surface area contributed by atoms with Crippen LogP contribution < -0.4 is 5.73 Å². The number of aryl methyl sites for hydroxylation is 2. The third-order valence-corrected chi connectivity index (χ3v) is 6.74. The molecule has 0 unspecified atom stereocenters. The molecule has 0 bridgehead atoms. The fraction of sp³-hybridized carbons (Fsp3) is 0.346. The number of aromatic nitrogens is 2. The molecule has 0 atom stereocenters. The Morgan fingerprint density at radius 2 is 1.85 bits per heavy atom. The first-order chi connectivity index (χ1) is 15.9. The zero-order valence-electron chi connectivity index (χ0n) is 18.8. The highest BCUT2D eigenvalue weighted by molar-refractivity contribution is 5.83. The van der Waals surface area contributed by atoms with Gasteiger partial charge in [0.05, 0.1) is 5.41 Å². The van der Waals surface area contributed by atoms with Gasteiger partial charge in [0, 0.05) is 37.9 Å². The van der Waals surface area contributed by atoms with Crippen molar-refractivity contribution >= 4 is 11.8 Å². The molecule has 2 heterocycles. The van der Waals surface area contributed by atoms with Crippen molar-refractivity contribution in [3.05, 3.63) is 77.9 Å². The zero-order chi connectivity index (χ0) is 23.4. The standard InChI is InChI=1S/C26H29FN4O2/c1-19-9-13-29-31(19)14-10-24(32)30-15-11-26(12-16-30,25(28)33)18-21-5-2-3-8-23(21)20-6-4-7-22(27)17-20/h2-9,13,17H,10-12,14-16,18H2,1H3,(H2,28,33). The van der Waals surface area contributed by atoms with E-state index in [-0.39, 0.29) is 17.6 Å². The zero-order valence-corrected chi connectivity index (χ0v) is 18.8. The Labute approximate surface area is 193 Å². The minimum absolute atomic E-state index is 0.0585. The number of hydrogen-bond acceptors (Lipinski definition) is 3. The largest absolute Gasteiger partial charge is 0.369 e. The number of primary amides is 1. The fourth-order valence-corrected chi connectivity index (χ4v) is 4.66. The van der Waals surface area contributed by atoms with Crippen LogP contribution in [0.3, 0.4) is 0 Å². The van der Waals surface area contributed by atoms with Crippen molar-refractivity contribution in [3.8, 4) is 11.1 Å². The Morgan fingerprint density at radius 3 is 2.52 bits per heavy atom. The van der Waals surface area contributed by atoms with Crippen molar-refractivity contribution in [2.24, 2.45) is 11.1 Å². The van der Waals surface area contributed by atoms with E-state index >= 15 is 0 Å². The molecular weight excluding hydrogens is 419 g/mol. The highest BCUT2D eigenvalue weighted by Gasteiger charge is 2.41. The molecule has 33 heavy (non-hydrogen) atoms. The van der Waals surface area contributed by atoms with E-state index in [2.05, 4.69) is 5.10 Å². The maximum atomic E-state index is 13.8. The lowest BCUT2D eigenvalue weighted by molar-refractivity contribution is -0.139. The van der Waals surface area contributed by atoms with E-state index in [0.29, 0.717) is 45.3 Å². The second-order valence-corrected chi connectivity index (χ2v) is 8.82. The van der Waals surface area contributed by atoms with E-state index in [4.69, 9.17) is 5.73 Å². The molecule has 0 saturated carbocycles. The van der Waals surface area contributed by atoms with Gasteiger partial charge in [0.25, 0.3) is 0 Å². The summed E-state index contributed by atoms with van der Waals surface area (Å²) in [5, 5.41) is 4.23. The van der Waals surface area contributed by atoms with Gasteiger partial charge in [0.2, 0.25) is 11.8 Å². The average Bonchev–Trinajstić information content (AvgIpc) is 3.23.